The van der Waals surface area contributed by atoms with Gasteiger partial charge in [0.05, 0.1) is 12.8 Å². The van der Waals surface area contributed by atoms with Gasteiger partial charge in [0.1, 0.15) is 17.5 Å². The molecule has 1 saturated heterocycles. The van der Waals surface area contributed by atoms with E-state index in [0.29, 0.717) is 35.7 Å². The maximum Gasteiger partial charge on any atom is 0.252 e. The largest absolute Gasteiger partial charge is 0.480 e. The molecule has 8 heteroatoms. The lowest BCUT2D eigenvalue weighted by atomic mass is 9.98. The summed E-state index contributed by atoms with van der Waals surface area (Å²) in [5.41, 5.74) is 2.30. The van der Waals surface area contributed by atoms with Crippen LogP contribution < -0.4 is 15.6 Å². The molecule has 0 aromatic carbocycles. The van der Waals surface area contributed by atoms with Crippen molar-refractivity contribution in [3.8, 4) is 17.3 Å². The number of aromatic nitrogens is 5. The number of nitrogens with zero attached hydrogens (tertiary/aromatic N) is 5. The molecule has 0 amide bonds. The molecule has 0 spiro atoms. The van der Waals surface area contributed by atoms with E-state index in [1.807, 2.05) is 0 Å². The second-order valence-corrected chi connectivity index (χ2v) is 7.87. The third-order valence-corrected chi connectivity index (χ3v) is 5.85. The lowest BCUT2D eigenvalue weighted by molar-refractivity contribution is 0.333. The lowest BCUT2D eigenvalue weighted by Crippen LogP contribution is -2.32. The second-order valence-electron chi connectivity index (χ2n) is 7.87. The summed E-state index contributed by atoms with van der Waals surface area (Å²) in [5.74, 6) is 1.86. The molecule has 0 unspecified atom stereocenters. The van der Waals surface area contributed by atoms with Crippen molar-refractivity contribution < 1.29 is 4.74 Å². The first-order chi connectivity index (χ1) is 14.2. The summed E-state index contributed by atoms with van der Waals surface area (Å²) in [7, 11) is 1.59. The third kappa shape index (κ3) is 3.48. The van der Waals surface area contributed by atoms with Gasteiger partial charge in [-0.25, -0.2) is 19.9 Å². The number of ether oxygens (including phenoxy) is 1. The molecule has 0 radical (unpaired) electrons. The lowest BCUT2D eigenvalue weighted by Gasteiger charge is -2.23. The van der Waals surface area contributed by atoms with E-state index in [-0.39, 0.29) is 5.56 Å². The van der Waals surface area contributed by atoms with E-state index in [1.54, 1.807) is 30.0 Å². The van der Waals surface area contributed by atoms with Crippen LogP contribution in [0, 0.1) is 5.92 Å². The first-order valence-corrected chi connectivity index (χ1v) is 10.2. The van der Waals surface area contributed by atoms with Crippen molar-refractivity contribution in [2.45, 2.75) is 38.1 Å². The zero-order valence-corrected chi connectivity index (χ0v) is 16.5. The number of fused-ring (bicyclic) bond motifs is 1. The standard InChI is InChI=1S/C21H24N6O2/c1-29-21-17(18(14-2-3-14)24-12-25-21)19-23-10-15-4-5-16(28)27(20(15)26-19)11-13-6-8-22-9-7-13/h4-5,10,12-14,22H,2-3,6-9,11H2,1H3. The van der Waals surface area contributed by atoms with E-state index in [4.69, 9.17) is 9.72 Å². The fourth-order valence-corrected chi connectivity index (χ4v) is 4.10. The molecule has 150 valence electrons. The molecule has 4 heterocycles. The van der Waals surface area contributed by atoms with Crippen LogP contribution >= 0.6 is 0 Å². The van der Waals surface area contributed by atoms with E-state index in [0.717, 1.165) is 55.4 Å². The maximum absolute atomic E-state index is 12.7. The number of piperidine rings is 1. The fraction of sp³-hybridized carbons (Fsp3) is 0.476. The van der Waals surface area contributed by atoms with Crippen molar-refractivity contribution in [1.82, 2.24) is 29.8 Å². The SMILES string of the molecule is COc1ncnc(C2CC2)c1-c1ncc2ccc(=O)n(CC3CCNCC3)c2n1. The first kappa shape index (κ1) is 18.2. The molecule has 1 saturated carbocycles. The van der Waals surface area contributed by atoms with Crippen molar-refractivity contribution in [2.75, 3.05) is 20.2 Å². The fourth-order valence-electron chi connectivity index (χ4n) is 4.10. The summed E-state index contributed by atoms with van der Waals surface area (Å²) in [6.45, 7) is 2.66. The highest BCUT2D eigenvalue weighted by atomic mass is 16.5. The van der Waals surface area contributed by atoms with E-state index >= 15 is 0 Å². The molecule has 8 nitrogen and oxygen atoms in total. The van der Waals surface area contributed by atoms with Gasteiger partial charge in [-0.2, -0.15) is 0 Å². The molecular formula is C21H24N6O2. The molecule has 0 bridgehead atoms. The Kier molecular flexibility index (Phi) is 4.71. The van der Waals surface area contributed by atoms with Crippen LogP contribution in [-0.4, -0.2) is 44.7 Å². The molecule has 29 heavy (non-hydrogen) atoms. The Hall–Kier alpha value is -2.87. The number of rotatable bonds is 5. The summed E-state index contributed by atoms with van der Waals surface area (Å²) in [4.78, 5) is 30.9. The van der Waals surface area contributed by atoms with E-state index in [2.05, 4.69) is 20.3 Å². The highest BCUT2D eigenvalue weighted by molar-refractivity contribution is 5.77. The highest BCUT2D eigenvalue weighted by Gasteiger charge is 2.31. The number of hydrogen-bond donors (Lipinski definition) is 1. The Bertz CT molecular complexity index is 1100. The number of methoxy groups -OCH3 is 1. The van der Waals surface area contributed by atoms with Crippen LogP contribution in [0.4, 0.5) is 0 Å². The smallest absolute Gasteiger partial charge is 0.252 e. The van der Waals surface area contributed by atoms with Gasteiger partial charge in [0.2, 0.25) is 5.88 Å². The average Bonchev–Trinajstić information content (AvgIpc) is 3.61. The van der Waals surface area contributed by atoms with Crippen molar-refractivity contribution >= 4 is 11.0 Å². The maximum atomic E-state index is 12.7. The minimum absolute atomic E-state index is 0.0284. The molecular weight excluding hydrogens is 368 g/mol. The predicted octanol–water partition coefficient (Wildman–Crippen LogP) is 2.13. The monoisotopic (exact) mass is 392 g/mol. The quantitative estimate of drug-likeness (QED) is 0.711. The highest BCUT2D eigenvalue weighted by Crippen LogP contribution is 2.44. The van der Waals surface area contributed by atoms with Gasteiger partial charge in [0, 0.05) is 30.1 Å². The van der Waals surface area contributed by atoms with Gasteiger partial charge in [-0.1, -0.05) is 0 Å². The Morgan fingerprint density at radius 3 is 2.72 bits per heavy atom. The van der Waals surface area contributed by atoms with Crippen molar-refractivity contribution in [1.29, 1.82) is 0 Å². The zero-order valence-electron chi connectivity index (χ0n) is 16.5. The average molecular weight is 392 g/mol. The van der Waals surface area contributed by atoms with E-state index in [1.165, 1.54) is 6.33 Å². The van der Waals surface area contributed by atoms with Crippen LogP contribution in [0.15, 0.2) is 29.5 Å². The van der Waals surface area contributed by atoms with Crippen LogP contribution in [0.2, 0.25) is 0 Å². The zero-order chi connectivity index (χ0) is 19.8. The summed E-state index contributed by atoms with van der Waals surface area (Å²) >= 11 is 0. The Labute approximate surface area is 168 Å². The van der Waals surface area contributed by atoms with Gasteiger partial charge >= 0.3 is 0 Å². The van der Waals surface area contributed by atoms with E-state index < -0.39 is 0 Å². The van der Waals surface area contributed by atoms with Gasteiger partial charge in [-0.3, -0.25) is 9.36 Å². The van der Waals surface area contributed by atoms with Gasteiger partial charge < -0.3 is 10.1 Å². The van der Waals surface area contributed by atoms with Crippen LogP contribution in [0.3, 0.4) is 0 Å². The molecule has 0 atom stereocenters. The minimum atomic E-state index is -0.0284. The van der Waals surface area contributed by atoms with Gasteiger partial charge in [0.15, 0.2) is 5.82 Å². The summed E-state index contributed by atoms with van der Waals surface area (Å²) < 4.78 is 7.29. The topological polar surface area (TPSA) is 94.8 Å². The second kappa shape index (κ2) is 7.51. The molecule has 5 rings (SSSR count). The molecule has 1 aliphatic heterocycles. The van der Waals surface area contributed by atoms with Crippen LogP contribution in [0.1, 0.15) is 37.3 Å². The molecule has 1 N–H and O–H groups in total. The number of hydrogen-bond acceptors (Lipinski definition) is 7. The third-order valence-electron chi connectivity index (χ3n) is 5.85. The molecule has 2 fully saturated rings. The Morgan fingerprint density at radius 2 is 1.97 bits per heavy atom. The number of nitrogens with one attached hydrogen (secondary N) is 1. The van der Waals surface area contributed by atoms with Crippen LogP contribution in [0.5, 0.6) is 5.88 Å². The van der Waals surface area contributed by atoms with Crippen molar-refractivity contribution in [3.05, 3.63) is 40.7 Å². The summed E-state index contributed by atoms with van der Waals surface area (Å²) in [6, 6.07) is 3.40. The summed E-state index contributed by atoms with van der Waals surface area (Å²) in [6.07, 6.45) is 7.63. The number of pyridine rings is 1. The first-order valence-electron chi connectivity index (χ1n) is 10.2. The molecule has 2 aliphatic rings. The van der Waals surface area contributed by atoms with Crippen LogP contribution in [0.25, 0.3) is 22.4 Å². The van der Waals surface area contributed by atoms with Gasteiger partial charge in [-0.15, -0.1) is 0 Å². The van der Waals surface area contributed by atoms with Crippen LogP contribution in [-0.2, 0) is 6.54 Å². The van der Waals surface area contributed by atoms with E-state index in [9.17, 15) is 4.79 Å². The minimum Gasteiger partial charge on any atom is -0.480 e. The summed E-state index contributed by atoms with van der Waals surface area (Å²) in [5, 5.41) is 4.23. The van der Waals surface area contributed by atoms with Gasteiger partial charge in [0.25, 0.3) is 5.56 Å². The predicted molar refractivity (Wildman–Crippen MR) is 109 cm³/mol. The normalized spacial score (nSPS) is 17.6. The molecule has 3 aromatic heterocycles. The Morgan fingerprint density at radius 1 is 1.14 bits per heavy atom. The molecule has 3 aromatic rings. The van der Waals surface area contributed by atoms with Crippen molar-refractivity contribution in [2.24, 2.45) is 5.92 Å². The Balaban J connectivity index is 1.64. The van der Waals surface area contributed by atoms with Crippen molar-refractivity contribution in [3.63, 3.8) is 0 Å². The molecule has 1 aliphatic carbocycles. The van der Waals surface area contributed by atoms with Gasteiger partial charge in [-0.05, 0) is 50.8 Å².